The minimum atomic E-state index is -4.49. The minimum Gasteiger partial charge on any atom is -0.333 e. The van der Waals surface area contributed by atoms with Crippen molar-refractivity contribution in [1.82, 2.24) is 9.55 Å². The number of aromatic nitrogens is 2. The largest absolute Gasteiger partial charge is 0.431 e. The maximum Gasteiger partial charge on any atom is 0.431 e. The van der Waals surface area contributed by atoms with Crippen molar-refractivity contribution in [3.05, 3.63) is 101 Å². The number of pyridine rings is 1. The first-order valence-electron chi connectivity index (χ1n) is 10.2. The summed E-state index contributed by atoms with van der Waals surface area (Å²) in [7, 11) is 0. The van der Waals surface area contributed by atoms with Crippen LogP contribution in [-0.2, 0) is 19.1 Å². The van der Waals surface area contributed by atoms with Gasteiger partial charge in [0, 0.05) is 23.7 Å². The van der Waals surface area contributed by atoms with Gasteiger partial charge in [-0.15, -0.1) is 0 Å². The van der Waals surface area contributed by atoms with E-state index in [9.17, 15) is 17.6 Å². The van der Waals surface area contributed by atoms with Crippen LogP contribution in [0.1, 0.15) is 29.4 Å². The van der Waals surface area contributed by atoms with Crippen molar-refractivity contribution in [2.75, 3.05) is 0 Å². The standard InChI is InChI=1S/C25H19F4N3/c1-24(13-16-6-3-2-4-7-16)15-32-20(10-11-21(32)25(27,28)29)23(31-24)18-12-17-8-5-9-19(26)22(17)30-14-18/h2-12,14H,13,15H2,1H3. The van der Waals surface area contributed by atoms with Gasteiger partial charge in [0.15, 0.2) is 0 Å². The van der Waals surface area contributed by atoms with Crippen molar-refractivity contribution in [2.24, 2.45) is 4.99 Å². The van der Waals surface area contributed by atoms with E-state index in [-0.39, 0.29) is 12.1 Å². The zero-order chi connectivity index (χ0) is 22.5. The van der Waals surface area contributed by atoms with Crippen molar-refractivity contribution in [3.63, 3.8) is 0 Å². The molecular formula is C25H19F4N3. The smallest absolute Gasteiger partial charge is 0.333 e. The van der Waals surface area contributed by atoms with E-state index in [1.54, 1.807) is 18.2 Å². The third kappa shape index (κ3) is 3.57. The number of benzene rings is 2. The van der Waals surface area contributed by atoms with Gasteiger partial charge < -0.3 is 4.57 Å². The Morgan fingerprint density at radius 2 is 1.78 bits per heavy atom. The number of halogens is 4. The highest BCUT2D eigenvalue weighted by Crippen LogP contribution is 2.37. The first kappa shape index (κ1) is 20.4. The van der Waals surface area contributed by atoms with E-state index in [1.165, 1.54) is 22.9 Å². The molecule has 0 saturated carbocycles. The highest BCUT2D eigenvalue weighted by molar-refractivity contribution is 6.13. The number of alkyl halides is 3. The molecule has 0 aliphatic carbocycles. The molecule has 1 unspecified atom stereocenters. The third-order valence-electron chi connectivity index (χ3n) is 5.76. The van der Waals surface area contributed by atoms with Gasteiger partial charge in [-0.2, -0.15) is 13.2 Å². The second-order valence-corrected chi connectivity index (χ2v) is 8.34. The number of hydrogen-bond donors (Lipinski definition) is 0. The molecule has 0 amide bonds. The molecule has 0 spiro atoms. The van der Waals surface area contributed by atoms with Gasteiger partial charge in [0.1, 0.15) is 17.0 Å². The Balaban J connectivity index is 1.68. The minimum absolute atomic E-state index is 0.0954. The Hall–Kier alpha value is -3.48. The van der Waals surface area contributed by atoms with Crippen molar-refractivity contribution in [2.45, 2.75) is 31.6 Å². The van der Waals surface area contributed by atoms with Crippen LogP contribution in [0.2, 0.25) is 0 Å². The number of aliphatic imine (C=N–C) groups is 1. The number of nitrogens with zero attached hydrogens (tertiary/aromatic N) is 3. The van der Waals surface area contributed by atoms with Crippen LogP contribution in [0.5, 0.6) is 0 Å². The maximum atomic E-state index is 14.1. The predicted molar refractivity (Wildman–Crippen MR) is 115 cm³/mol. The van der Waals surface area contributed by atoms with Crippen molar-refractivity contribution < 1.29 is 17.6 Å². The molecule has 0 fully saturated rings. The molecule has 4 aromatic rings. The molecule has 32 heavy (non-hydrogen) atoms. The quantitative estimate of drug-likeness (QED) is 0.359. The monoisotopic (exact) mass is 437 g/mol. The lowest BCUT2D eigenvalue weighted by Crippen LogP contribution is -2.39. The first-order chi connectivity index (χ1) is 15.2. The van der Waals surface area contributed by atoms with Crippen molar-refractivity contribution >= 4 is 16.6 Å². The zero-order valence-corrected chi connectivity index (χ0v) is 17.2. The van der Waals surface area contributed by atoms with Gasteiger partial charge in [-0.3, -0.25) is 9.98 Å². The summed E-state index contributed by atoms with van der Waals surface area (Å²) in [5.41, 5.74) is 1.03. The molecule has 3 heterocycles. The Bertz CT molecular complexity index is 1340. The van der Waals surface area contributed by atoms with E-state index < -0.39 is 23.2 Å². The predicted octanol–water partition coefficient (Wildman–Crippen LogP) is 6.05. The van der Waals surface area contributed by atoms with Crippen LogP contribution in [0.3, 0.4) is 0 Å². The van der Waals surface area contributed by atoms with Crippen LogP contribution in [0.4, 0.5) is 17.6 Å². The Kier molecular flexibility index (Phi) is 4.65. The first-order valence-corrected chi connectivity index (χ1v) is 10.2. The fraction of sp³-hybridized carbons (Fsp3) is 0.200. The molecule has 1 atom stereocenters. The average Bonchev–Trinajstić information content (AvgIpc) is 3.17. The van der Waals surface area contributed by atoms with Gasteiger partial charge in [-0.05, 0) is 43.2 Å². The summed E-state index contributed by atoms with van der Waals surface area (Å²) in [6.07, 6.45) is -2.54. The lowest BCUT2D eigenvalue weighted by Gasteiger charge is -2.34. The van der Waals surface area contributed by atoms with Crippen LogP contribution in [0, 0.1) is 5.82 Å². The second-order valence-electron chi connectivity index (χ2n) is 8.34. The van der Waals surface area contributed by atoms with Crippen LogP contribution in [0.25, 0.3) is 10.9 Å². The van der Waals surface area contributed by atoms with E-state index in [4.69, 9.17) is 4.99 Å². The lowest BCUT2D eigenvalue weighted by molar-refractivity contribution is -0.143. The highest BCUT2D eigenvalue weighted by atomic mass is 19.4. The van der Waals surface area contributed by atoms with Crippen LogP contribution >= 0.6 is 0 Å². The molecule has 1 aliphatic rings. The number of rotatable bonds is 3. The fourth-order valence-electron chi connectivity index (χ4n) is 4.39. The number of para-hydroxylation sites is 1. The summed E-state index contributed by atoms with van der Waals surface area (Å²) in [6, 6.07) is 18.5. The van der Waals surface area contributed by atoms with E-state index >= 15 is 0 Å². The molecule has 3 nitrogen and oxygen atoms in total. The Morgan fingerprint density at radius 3 is 2.53 bits per heavy atom. The number of hydrogen-bond acceptors (Lipinski definition) is 2. The maximum absolute atomic E-state index is 14.1. The molecule has 0 N–H and O–H groups in total. The molecule has 7 heteroatoms. The van der Waals surface area contributed by atoms with Gasteiger partial charge in [0.25, 0.3) is 0 Å². The summed E-state index contributed by atoms with van der Waals surface area (Å²) in [4.78, 5) is 9.17. The summed E-state index contributed by atoms with van der Waals surface area (Å²) in [6.45, 7) is 1.95. The molecular weight excluding hydrogens is 418 g/mol. The van der Waals surface area contributed by atoms with E-state index in [1.807, 2.05) is 37.3 Å². The summed E-state index contributed by atoms with van der Waals surface area (Å²) < 4.78 is 56.6. The van der Waals surface area contributed by atoms with Gasteiger partial charge in [-0.25, -0.2) is 4.39 Å². The van der Waals surface area contributed by atoms with E-state index in [0.29, 0.717) is 28.8 Å². The second kappa shape index (κ2) is 7.29. The normalized spacial score (nSPS) is 18.5. The van der Waals surface area contributed by atoms with Gasteiger partial charge in [-0.1, -0.05) is 42.5 Å². The van der Waals surface area contributed by atoms with Crippen LogP contribution < -0.4 is 0 Å². The van der Waals surface area contributed by atoms with Crippen molar-refractivity contribution in [3.8, 4) is 0 Å². The zero-order valence-electron chi connectivity index (χ0n) is 17.2. The Labute approximate surface area is 182 Å². The van der Waals surface area contributed by atoms with E-state index in [0.717, 1.165) is 11.6 Å². The van der Waals surface area contributed by atoms with Gasteiger partial charge in [0.05, 0.1) is 16.9 Å². The lowest BCUT2D eigenvalue weighted by atomic mass is 9.90. The molecule has 162 valence electrons. The van der Waals surface area contributed by atoms with Crippen LogP contribution in [0.15, 0.2) is 77.9 Å². The van der Waals surface area contributed by atoms with Gasteiger partial charge >= 0.3 is 6.18 Å². The Morgan fingerprint density at radius 1 is 1.00 bits per heavy atom. The van der Waals surface area contributed by atoms with E-state index in [2.05, 4.69) is 4.98 Å². The molecule has 2 aromatic heterocycles. The molecule has 0 radical (unpaired) electrons. The summed E-state index contributed by atoms with van der Waals surface area (Å²) >= 11 is 0. The van der Waals surface area contributed by atoms with Gasteiger partial charge in [0.2, 0.25) is 0 Å². The topological polar surface area (TPSA) is 30.2 Å². The number of fused-ring (bicyclic) bond motifs is 2. The SMILES string of the molecule is CC1(Cc2ccccc2)Cn2c(ccc2C(F)(F)F)C(c2cnc3c(F)cccc3c2)=N1. The third-order valence-corrected chi connectivity index (χ3v) is 5.76. The fourth-order valence-corrected chi connectivity index (χ4v) is 4.39. The molecule has 0 bridgehead atoms. The van der Waals surface area contributed by atoms with Crippen molar-refractivity contribution in [1.29, 1.82) is 0 Å². The average molecular weight is 437 g/mol. The molecule has 5 rings (SSSR count). The summed E-state index contributed by atoms with van der Waals surface area (Å²) in [5, 5.41) is 0.565. The molecule has 2 aromatic carbocycles. The summed E-state index contributed by atoms with van der Waals surface area (Å²) in [5.74, 6) is -0.448. The molecule has 0 saturated heterocycles. The highest BCUT2D eigenvalue weighted by Gasteiger charge is 2.40. The molecule has 1 aliphatic heterocycles. The van der Waals surface area contributed by atoms with Crippen LogP contribution in [-0.4, -0.2) is 20.8 Å².